The molecule has 23 heavy (non-hydrogen) atoms. The lowest BCUT2D eigenvalue weighted by atomic mass is 10.2. The maximum Gasteiger partial charge on any atom is 0.255 e. The van der Waals surface area contributed by atoms with Crippen molar-refractivity contribution in [2.75, 3.05) is 19.5 Å². The maximum absolute atomic E-state index is 12.3. The zero-order valence-electron chi connectivity index (χ0n) is 12.5. The SMILES string of the molecule is CNS(=O)(=O)c1cc(C(=O)Nc2cccc(I)c2)ccc1OC. The summed E-state index contributed by atoms with van der Waals surface area (Å²) < 4.78 is 32.3. The average molecular weight is 446 g/mol. The maximum atomic E-state index is 12.3. The quantitative estimate of drug-likeness (QED) is 0.692. The molecule has 0 aliphatic heterocycles. The monoisotopic (exact) mass is 446 g/mol. The van der Waals surface area contributed by atoms with Crippen molar-refractivity contribution >= 4 is 44.2 Å². The summed E-state index contributed by atoms with van der Waals surface area (Å²) in [6, 6.07) is 11.5. The number of hydrogen-bond donors (Lipinski definition) is 2. The number of methoxy groups -OCH3 is 1. The lowest BCUT2D eigenvalue weighted by Gasteiger charge is -2.11. The van der Waals surface area contributed by atoms with Gasteiger partial charge in [-0.2, -0.15) is 0 Å². The number of ether oxygens (including phenoxy) is 1. The molecular weight excluding hydrogens is 431 g/mol. The van der Waals surface area contributed by atoms with Gasteiger partial charge in [-0.1, -0.05) is 6.07 Å². The van der Waals surface area contributed by atoms with Crippen LogP contribution in [-0.2, 0) is 10.0 Å². The average Bonchev–Trinajstić information content (AvgIpc) is 2.54. The molecule has 1 amide bonds. The van der Waals surface area contributed by atoms with Crippen molar-refractivity contribution in [2.45, 2.75) is 4.90 Å². The van der Waals surface area contributed by atoms with E-state index in [0.29, 0.717) is 5.69 Å². The van der Waals surface area contributed by atoms with Crippen LogP contribution in [0, 0.1) is 3.57 Å². The molecule has 0 atom stereocenters. The van der Waals surface area contributed by atoms with Crippen LogP contribution >= 0.6 is 22.6 Å². The van der Waals surface area contributed by atoms with Gasteiger partial charge in [-0.25, -0.2) is 13.1 Å². The molecule has 0 spiro atoms. The molecule has 122 valence electrons. The first kappa shape index (κ1) is 17.7. The summed E-state index contributed by atoms with van der Waals surface area (Å²) in [4.78, 5) is 12.2. The Morgan fingerprint density at radius 2 is 1.91 bits per heavy atom. The Labute approximate surface area is 148 Å². The van der Waals surface area contributed by atoms with Crippen LogP contribution in [0.2, 0.25) is 0 Å². The van der Waals surface area contributed by atoms with Gasteiger partial charge in [0.1, 0.15) is 10.6 Å². The number of hydrogen-bond acceptors (Lipinski definition) is 4. The fourth-order valence-electron chi connectivity index (χ4n) is 1.91. The zero-order chi connectivity index (χ0) is 17.0. The Kier molecular flexibility index (Phi) is 5.60. The van der Waals surface area contributed by atoms with Gasteiger partial charge in [-0.05, 0) is 66.0 Å². The molecule has 2 aromatic carbocycles. The third kappa shape index (κ3) is 4.21. The first-order chi connectivity index (χ1) is 10.9. The molecule has 0 aromatic heterocycles. The zero-order valence-corrected chi connectivity index (χ0v) is 15.4. The van der Waals surface area contributed by atoms with Crippen LogP contribution in [0.1, 0.15) is 10.4 Å². The minimum atomic E-state index is -3.73. The highest BCUT2D eigenvalue weighted by atomic mass is 127. The van der Waals surface area contributed by atoms with Crippen molar-refractivity contribution in [3.05, 3.63) is 51.6 Å². The number of sulfonamides is 1. The van der Waals surface area contributed by atoms with Crippen LogP contribution in [-0.4, -0.2) is 28.5 Å². The van der Waals surface area contributed by atoms with Gasteiger partial charge in [-0.15, -0.1) is 0 Å². The number of benzene rings is 2. The van der Waals surface area contributed by atoms with E-state index in [4.69, 9.17) is 4.74 Å². The summed E-state index contributed by atoms with van der Waals surface area (Å²) in [6.45, 7) is 0. The van der Waals surface area contributed by atoms with E-state index in [-0.39, 0.29) is 16.2 Å². The van der Waals surface area contributed by atoms with Crippen LogP contribution < -0.4 is 14.8 Å². The molecule has 2 aromatic rings. The van der Waals surface area contributed by atoms with Crippen LogP contribution in [0.4, 0.5) is 5.69 Å². The second kappa shape index (κ2) is 7.28. The summed E-state index contributed by atoms with van der Waals surface area (Å²) >= 11 is 2.14. The van der Waals surface area contributed by atoms with E-state index >= 15 is 0 Å². The first-order valence-electron chi connectivity index (χ1n) is 6.56. The van der Waals surface area contributed by atoms with Gasteiger partial charge in [0.2, 0.25) is 10.0 Å². The smallest absolute Gasteiger partial charge is 0.255 e. The summed E-state index contributed by atoms with van der Waals surface area (Å²) in [5.74, 6) is -0.229. The van der Waals surface area contributed by atoms with Gasteiger partial charge in [0.05, 0.1) is 7.11 Å². The van der Waals surface area contributed by atoms with Crippen molar-refractivity contribution in [1.29, 1.82) is 0 Å². The highest BCUT2D eigenvalue weighted by Gasteiger charge is 2.20. The molecule has 0 aliphatic rings. The number of carbonyl (C=O) groups is 1. The molecule has 0 radical (unpaired) electrons. The second-order valence-corrected chi connectivity index (χ2v) is 7.64. The third-order valence-corrected chi connectivity index (χ3v) is 5.17. The molecular formula is C15H15IN2O4S. The molecule has 2 N–H and O–H groups in total. The van der Waals surface area contributed by atoms with Crippen LogP contribution in [0.15, 0.2) is 47.4 Å². The summed E-state index contributed by atoms with van der Waals surface area (Å²) in [6.07, 6.45) is 0. The molecule has 8 heteroatoms. The first-order valence-corrected chi connectivity index (χ1v) is 9.12. The topological polar surface area (TPSA) is 84.5 Å². The largest absolute Gasteiger partial charge is 0.495 e. The number of halogens is 1. The molecule has 0 saturated heterocycles. The van der Waals surface area contributed by atoms with E-state index in [2.05, 4.69) is 32.6 Å². The predicted octanol–water partition coefficient (Wildman–Crippen LogP) is 2.46. The van der Waals surface area contributed by atoms with Crippen LogP contribution in [0.5, 0.6) is 5.75 Å². The van der Waals surface area contributed by atoms with Gasteiger partial charge in [0.25, 0.3) is 5.91 Å². The molecule has 0 unspecified atom stereocenters. The Balaban J connectivity index is 2.36. The highest BCUT2D eigenvalue weighted by molar-refractivity contribution is 14.1. The van der Waals surface area contributed by atoms with Gasteiger partial charge in [0.15, 0.2) is 0 Å². The Bertz CT molecular complexity index is 837. The molecule has 0 aliphatic carbocycles. The van der Waals surface area contributed by atoms with Crippen LogP contribution in [0.3, 0.4) is 0 Å². The van der Waals surface area contributed by atoms with Crippen LogP contribution in [0.25, 0.3) is 0 Å². The van der Waals surface area contributed by atoms with Crippen molar-refractivity contribution in [2.24, 2.45) is 0 Å². The third-order valence-electron chi connectivity index (χ3n) is 3.07. The normalized spacial score (nSPS) is 11.1. The number of rotatable bonds is 5. The molecule has 6 nitrogen and oxygen atoms in total. The Hall–Kier alpha value is -1.65. The predicted molar refractivity (Wildman–Crippen MR) is 96.4 cm³/mol. The molecule has 0 saturated carbocycles. The summed E-state index contributed by atoms with van der Waals surface area (Å²) in [5, 5.41) is 2.73. The lowest BCUT2D eigenvalue weighted by Crippen LogP contribution is -2.20. The van der Waals surface area contributed by atoms with E-state index in [1.54, 1.807) is 6.07 Å². The number of nitrogens with one attached hydrogen (secondary N) is 2. The molecule has 0 fully saturated rings. The highest BCUT2D eigenvalue weighted by Crippen LogP contribution is 2.25. The van der Waals surface area contributed by atoms with E-state index in [1.165, 1.54) is 32.4 Å². The fraction of sp³-hybridized carbons (Fsp3) is 0.133. The van der Waals surface area contributed by atoms with Gasteiger partial charge in [0, 0.05) is 14.8 Å². The van der Waals surface area contributed by atoms with E-state index in [1.807, 2.05) is 18.2 Å². The fourth-order valence-corrected chi connectivity index (χ4v) is 3.37. The van der Waals surface area contributed by atoms with Gasteiger partial charge >= 0.3 is 0 Å². The number of amides is 1. The van der Waals surface area contributed by atoms with Crippen molar-refractivity contribution < 1.29 is 17.9 Å². The van der Waals surface area contributed by atoms with E-state index in [0.717, 1.165) is 3.57 Å². The standard InChI is InChI=1S/C15H15IN2O4S/c1-17-23(20,21)14-8-10(6-7-13(14)22-2)15(19)18-12-5-3-4-11(16)9-12/h3-9,17H,1-2H3,(H,18,19). The minimum absolute atomic E-state index is 0.0854. The van der Waals surface area contributed by atoms with E-state index in [9.17, 15) is 13.2 Å². The van der Waals surface area contributed by atoms with E-state index < -0.39 is 15.9 Å². The van der Waals surface area contributed by atoms with Crippen molar-refractivity contribution in [3.63, 3.8) is 0 Å². The molecule has 2 rings (SSSR count). The summed E-state index contributed by atoms with van der Waals surface area (Å²) in [7, 11) is -1.06. The molecule has 0 bridgehead atoms. The van der Waals surface area contributed by atoms with Gasteiger partial charge in [-0.3, -0.25) is 4.79 Å². The minimum Gasteiger partial charge on any atom is -0.495 e. The van der Waals surface area contributed by atoms with Gasteiger partial charge < -0.3 is 10.1 Å². The Morgan fingerprint density at radius 3 is 2.52 bits per heavy atom. The van der Waals surface area contributed by atoms with Crippen molar-refractivity contribution in [3.8, 4) is 5.75 Å². The van der Waals surface area contributed by atoms with Crippen molar-refractivity contribution in [1.82, 2.24) is 4.72 Å². The summed E-state index contributed by atoms with van der Waals surface area (Å²) in [5.41, 5.74) is 0.856. The number of carbonyl (C=O) groups excluding carboxylic acids is 1. The number of anilines is 1. The second-order valence-electron chi connectivity index (χ2n) is 4.54. The molecule has 0 heterocycles. The Morgan fingerprint density at radius 1 is 1.17 bits per heavy atom. The lowest BCUT2D eigenvalue weighted by molar-refractivity contribution is 0.102.